The molecule has 162 valence electrons. The zero-order chi connectivity index (χ0) is 21.5. The summed E-state index contributed by atoms with van der Waals surface area (Å²) in [5, 5.41) is 9.64. The maximum Gasteiger partial charge on any atom is 0.340 e. The molecule has 30 heavy (non-hydrogen) atoms. The lowest BCUT2D eigenvalue weighted by Gasteiger charge is -2.16. The van der Waals surface area contributed by atoms with Gasteiger partial charge in [-0.25, -0.2) is 4.79 Å². The number of ether oxygens (including phenoxy) is 2. The Kier molecular flexibility index (Phi) is 8.34. The predicted octanol–water partition coefficient (Wildman–Crippen LogP) is 1.76. The summed E-state index contributed by atoms with van der Waals surface area (Å²) in [6, 6.07) is 9.29. The van der Waals surface area contributed by atoms with Gasteiger partial charge in [0.1, 0.15) is 12.3 Å². The lowest BCUT2D eigenvalue weighted by Crippen LogP contribution is -2.44. The summed E-state index contributed by atoms with van der Waals surface area (Å²) in [7, 11) is 3.45. The third-order valence-electron chi connectivity index (χ3n) is 4.60. The van der Waals surface area contributed by atoms with Gasteiger partial charge < -0.3 is 14.6 Å². The summed E-state index contributed by atoms with van der Waals surface area (Å²) < 4.78 is 13.4. The van der Waals surface area contributed by atoms with Crippen LogP contribution < -0.4 is 11.2 Å². The molecular formula is C20H24N2O6S2. The minimum absolute atomic E-state index is 0.235. The Morgan fingerprint density at radius 2 is 2.00 bits per heavy atom. The molecule has 10 heteroatoms. The Balaban J connectivity index is 1.78. The SMILES string of the molecule is CCSSCCO[C@H]1C[C@H](n2ccc(=O)n(C(=O)c3ccccc3)c2=O)O[C@@H]1CO. The number of benzene rings is 1. The summed E-state index contributed by atoms with van der Waals surface area (Å²) in [4.78, 5) is 37.9. The van der Waals surface area contributed by atoms with Gasteiger partial charge in [-0.15, -0.1) is 0 Å². The highest BCUT2D eigenvalue weighted by molar-refractivity contribution is 8.76. The fourth-order valence-corrected chi connectivity index (χ4v) is 4.70. The van der Waals surface area contributed by atoms with E-state index in [0.29, 0.717) is 17.6 Å². The molecule has 1 aromatic heterocycles. The van der Waals surface area contributed by atoms with Crippen LogP contribution in [-0.4, -0.2) is 57.1 Å². The molecule has 1 N–H and O–H groups in total. The van der Waals surface area contributed by atoms with E-state index in [0.717, 1.165) is 17.6 Å². The zero-order valence-electron chi connectivity index (χ0n) is 16.5. The van der Waals surface area contributed by atoms with Crippen molar-refractivity contribution in [2.75, 3.05) is 24.7 Å². The molecule has 0 saturated carbocycles. The van der Waals surface area contributed by atoms with E-state index in [2.05, 4.69) is 6.92 Å². The molecule has 0 spiro atoms. The molecule has 1 fully saturated rings. The average molecular weight is 453 g/mol. The van der Waals surface area contributed by atoms with Crippen molar-refractivity contribution in [3.05, 3.63) is 69.0 Å². The topological polar surface area (TPSA) is 99.8 Å². The van der Waals surface area contributed by atoms with Crippen LogP contribution in [0.15, 0.2) is 52.2 Å². The van der Waals surface area contributed by atoms with Gasteiger partial charge in [0.2, 0.25) is 0 Å². The highest BCUT2D eigenvalue weighted by Gasteiger charge is 2.37. The smallest absolute Gasteiger partial charge is 0.340 e. The van der Waals surface area contributed by atoms with Crippen LogP contribution in [0, 0.1) is 0 Å². The molecule has 1 aliphatic heterocycles. The molecule has 3 atom stereocenters. The van der Waals surface area contributed by atoms with E-state index < -0.39 is 29.5 Å². The molecule has 3 rings (SSSR count). The summed E-state index contributed by atoms with van der Waals surface area (Å²) in [6.45, 7) is 2.32. The Bertz CT molecular complexity index is 962. The van der Waals surface area contributed by atoms with Crippen molar-refractivity contribution in [1.29, 1.82) is 0 Å². The molecule has 2 heterocycles. The molecule has 0 amide bonds. The fraction of sp³-hybridized carbons (Fsp3) is 0.450. The largest absolute Gasteiger partial charge is 0.394 e. The molecule has 0 radical (unpaired) electrons. The van der Waals surface area contributed by atoms with Crippen LogP contribution in [0.3, 0.4) is 0 Å². The second-order valence-electron chi connectivity index (χ2n) is 6.54. The maximum atomic E-state index is 12.9. The van der Waals surface area contributed by atoms with Crippen LogP contribution >= 0.6 is 21.6 Å². The number of aliphatic hydroxyl groups is 1. The molecular weight excluding hydrogens is 428 g/mol. The number of hydrogen-bond donors (Lipinski definition) is 1. The van der Waals surface area contributed by atoms with Gasteiger partial charge in [0.25, 0.3) is 11.5 Å². The van der Waals surface area contributed by atoms with Crippen molar-refractivity contribution in [3.63, 3.8) is 0 Å². The lowest BCUT2D eigenvalue weighted by atomic mass is 10.2. The van der Waals surface area contributed by atoms with E-state index in [4.69, 9.17) is 9.47 Å². The van der Waals surface area contributed by atoms with Crippen LogP contribution in [0.1, 0.15) is 29.9 Å². The van der Waals surface area contributed by atoms with Crippen LogP contribution in [0.5, 0.6) is 0 Å². The van der Waals surface area contributed by atoms with Crippen molar-refractivity contribution >= 4 is 27.5 Å². The molecule has 1 aliphatic rings. The van der Waals surface area contributed by atoms with Crippen LogP contribution in [-0.2, 0) is 9.47 Å². The van der Waals surface area contributed by atoms with Crippen molar-refractivity contribution in [2.24, 2.45) is 0 Å². The number of aromatic nitrogens is 2. The third kappa shape index (κ3) is 5.25. The van der Waals surface area contributed by atoms with Crippen molar-refractivity contribution in [2.45, 2.75) is 31.8 Å². The normalized spacial score (nSPS) is 21.1. The molecule has 0 unspecified atom stereocenters. The average Bonchev–Trinajstić information content (AvgIpc) is 3.17. The Hall–Kier alpha value is -1.85. The van der Waals surface area contributed by atoms with Gasteiger partial charge in [-0.05, 0) is 12.1 Å². The lowest BCUT2D eigenvalue weighted by molar-refractivity contribution is -0.0601. The first-order valence-corrected chi connectivity index (χ1v) is 12.1. The minimum atomic E-state index is -0.784. The van der Waals surface area contributed by atoms with Crippen molar-refractivity contribution < 1.29 is 19.4 Å². The minimum Gasteiger partial charge on any atom is -0.394 e. The Morgan fingerprint density at radius 1 is 1.23 bits per heavy atom. The predicted molar refractivity (Wildman–Crippen MR) is 117 cm³/mol. The van der Waals surface area contributed by atoms with Crippen molar-refractivity contribution in [1.82, 2.24) is 9.13 Å². The van der Waals surface area contributed by atoms with E-state index in [1.807, 2.05) is 0 Å². The first-order chi connectivity index (χ1) is 14.6. The van der Waals surface area contributed by atoms with E-state index >= 15 is 0 Å². The third-order valence-corrected chi connectivity index (χ3v) is 7.05. The van der Waals surface area contributed by atoms with Gasteiger partial charge in [0.15, 0.2) is 0 Å². The highest BCUT2D eigenvalue weighted by Crippen LogP contribution is 2.30. The number of carbonyl (C=O) groups is 1. The quantitative estimate of drug-likeness (QED) is 0.454. The summed E-state index contributed by atoms with van der Waals surface area (Å²) in [5.41, 5.74) is -1.26. The van der Waals surface area contributed by atoms with E-state index in [1.165, 1.54) is 22.9 Å². The van der Waals surface area contributed by atoms with Gasteiger partial charge in [0.05, 0.1) is 19.3 Å². The van der Waals surface area contributed by atoms with Crippen LogP contribution in [0.4, 0.5) is 0 Å². The number of carbonyl (C=O) groups excluding carboxylic acids is 1. The van der Waals surface area contributed by atoms with Gasteiger partial charge >= 0.3 is 5.69 Å². The number of aliphatic hydroxyl groups excluding tert-OH is 1. The van der Waals surface area contributed by atoms with E-state index in [9.17, 15) is 19.5 Å². The summed E-state index contributed by atoms with van der Waals surface area (Å²) >= 11 is 0. The zero-order valence-corrected chi connectivity index (χ0v) is 18.1. The standard InChI is InChI=1S/C20H24N2O6S2/c1-2-29-30-11-10-27-15-12-18(28-16(15)13-23)21-9-8-17(24)22(20(21)26)19(25)14-6-4-3-5-7-14/h3-9,15-16,18,23H,2,10-13H2,1H3/t15-,16+,18+/m0/s1. The fourth-order valence-electron chi connectivity index (χ4n) is 3.19. The molecule has 1 saturated heterocycles. The van der Waals surface area contributed by atoms with Crippen LogP contribution in [0.2, 0.25) is 0 Å². The molecule has 8 nitrogen and oxygen atoms in total. The van der Waals surface area contributed by atoms with Crippen LogP contribution in [0.25, 0.3) is 0 Å². The Labute approximate surface area is 181 Å². The van der Waals surface area contributed by atoms with E-state index in [-0.39, 0.29) is 18.3 Å². The Morgan fingerprint density at radius 3 is 2.70 bits per heavy atom. The summed E-state index contributed by atoms with van der Waals surface area (Å²) in [5.74, 6) is 1.11. The second-order valence-corrected chi connectivity index (χ2v) is 9.41. The first-order valence-electron chi connectivity index (χ1n) is 9.63. The number of rotatable bonds is 9. The number of nitrogens with zero attached hydrogens (tertiary/aromatic N) is 2. The number of hydrogen-bond acceptors (Lipinski definition) is 8. The first kappa shape index (κ1) is 22.8. The van der Waals surface area contributed by atoms with Crippen molar-refractivity contribution in [3.8, 4) is 0 Å². The maximum absolute atomic E-state index is 12.9. The molecule has 2 aromatic rings. The molecule has 0 aliphatic carbocycles. The monoisotopic (exact) mass is 452 g/mol. The molecule has 1 aromatic carbocycles. The van der Waals surface area contributed by atoms with Gasteiger partial charge in [-0.3, -0.25) is 14.2 Å². The summed E-state index contributed by atoms with van der Waals surface area (Å²) in [6.07, 6.45) is -0.0728. The highest BCUT2D eigenvalue weighted by atomic mass is 33.1. The second kappa shape index (κ2) is 11.0. The molecule has 0 bridgehead atoms. The van der Waals surface area contributed by atoms with Gasteiger partial charge in [-0.2, -0.15) is 4.57 Å². The van der Waals surface area contributed by atoms with Gasteiger partial charge in [-0.1, -0.05) is 46.7 Å². The van der Waals surface area contributed by atoms with E-state index in [1.54, 1.807) is 39.8 Å². The van der Waals surface area contributed by atoms with Gasteiger partial charge in [0, 0.05) is 35.8 Å².